The van der Waals surface area contributed by atoms with E-state index in [-0.39, 0.29) is 17.4 Å². The molecule has 0 spiro atoms. The van der Waals surface area contributed by atoms with Crippen LogP contribution in [0.1, 0.15) is 10.4 Å². The Labute approximate surface area is 171 Å². The highest BCUT2D eigenvalue weighted by Gasteiger charge is 2.19. The van der Waals surface area contributed by atoms with E-state index in [9.17, 15) is 15.0 Å². The lowest BCUT2D eigenvalue weighted by Gasteiger charge is -2.16. The van der Waals surface area contributed by atoms with E-state index >= 15 is 0 Å². The molecule has 0 atom stereocenters. The van der Waals surface area contributed by atoms with Gasteiger partial charge in [-0.25, -0.2) is 0 Å². The molecule has 0 radical (unpaired) electrons. The quantitative estimate of drug-likeness (QED) is 0.449. The molecule has 3 N–H and O–H groups in total. The first-order valence-electron chi connectivity index (χ1n) is 8.82. The van der Waals surface area contributed by atoms with Gasteiger partial charge in [0.15, 0.2) is 10.6 Å². The smallest absolute Gasteiger partial charge is 0.253 e. The minimum absolute atomic E-state index is 0.0519. The molecular weight excluding hydrogens is 388 g/mol. The van der Waals surface area contributed by atoms with Crippen molar-refractivity contribution in [2.75, 3.05) is 14.1 Å². The van der Waals surface area contributed by atoms with Crippen molar-refractivity contribution in [3.8, 4) is 28.6 Å². The Morgan fingerprint density at radius 2 is 1.79 bits per heavy atom. The summed E-state index contributed by atoms with van der Waals surface area (Å²) in [4.78, 5) is 14.1. The fourth-order valence-electron chi connectivity index (χ4n) is 3.32. The molecule has 0 aliphatic heterocycles. The first-order chi connectivity index (χ1) is 13.9. The molecule has 0 aliphatic carbocycles. The topological polar surface area (TPSA) is 94.4 Å². The zero-order chi connectivity index (χ0) is 20.7. The van der Waals surface area contributed by atoms with Gasteiger partial charge < -0.3 is 15.1 Å². The summed E-state index contributed by atoms with van der Waals surface area (Å²) in [5.41, 5.74) is 1.71. The predicted molar refractivity (Wildman–Crippen MR) is 113 cm³/mol. The monoisotopic (exact) mass is 406 g/mol. The van der Waals surface area contributed by atoms with Crippen molar-refractivity contribution >= 4 is 28.9 Å². The minimum Gasteiger partial charge on any atom is -0.508 e. The van der Waals surface area contributed by atoms with Gasteiger partial charge in [-0.15, -0.1) is 0 Å². The van der Waals surface area contributed by atoms with Crippen LogP contribution in [-0.4, -0.2) is 49.9 Å². The number of fused-ring (bicyclic) bond motifs is 1. The largest absolute Gasteiger partial charge is 0.508 e. The summed E-state index contributed by atoms with van der Waals surface area (Å²) in [6.45, 7) is 0. The molecule has 1 heterocycles. The molecule has 7 nitrogen and oxygen atoms in total. The third-order valence-electron chi connectivity index (χ3n) is 4.67. The second-order valence-corrected chi connectivity index (χ2v) is 7.15. The van der Waals surface area contributed by atoms with E-state index in [4.69, 9.17) is 12.2 Å². The van der Waals surface area contributed by atoms with Crippen LogP contribution < -0.4 is 0 Å². The number of hydrogen-bond acceptors (Lipinski definition) is 5. The number of phenols is 2. The SMILES string of the molecule is CN(C)C(=O)c1ccc(-n2c(-c3ccc(O)cc3O)n[nH]c2=S)c2ccccc12. The maximum Gasteiger partial charge on any atom is 0.253 e. The second-order valence-electron chi connectivity index (χ2n) is 6.77. The third-order valence-corrected chi connectivity index (χ3v) is 4.95. The summed E-state index contributed by atoms with van der Waals surface area (Å²) in [7, 11) is 3.42. The van der Waals surface area contributed by atoms with E-state index in [1.165, 1.54) is 17.0 Å². The van der Waals surface area contributed by atoms with Crippen molar-refractivity contribution in [3.05, 3.63) is 64.9 Å². The fraction of sp³-hybridized carbons (Fsp3) is 0.0952. The normalized spacial score (nSPS) is 11.0. The number of aromatic hydroxyl groups is 2. The zero-order valence-corrected chi connectivity index (χ0v) is 16.6. The van der Waals surface area contributed by atoms with E-state index < -0.39 is 0 Å². The highest BCUT2D eigenvalue weighted by Crippen LogP contribution is 2.34. The van der Waals surface area contributed by atoms with Crippen LogP contribution in [0.5, 0.6) is 11.5 Å². The predicted octanol–water partition coefficient (Wildman–Crippen LogP) is 3.86. The maximum atomic E-state index is 12.6. The number of H-pyrrole nitrogens is 1. The van der Waals surface area contributed by atoms with Crippen LogP contribution in [0.25, 0.3) is 27.8 Å². The number of nitrogens with zero attached hydrogens (tertiary/aromatic N) is 3. The van der Waals surface area contributed by atoms with E-state index in [0.29, 0.717) is 21.7 Å². The average molecular weight is 406 g/mol. The third kappa shape index (κ3) is 3.13. The molecule has 8 heteroatoms. The summed E-state index contributed by atoms with van der Waals surface area (Å²) in [6.07, 6.45) is 0. The Kier molecular flexibility index (Phi) is 4.56. The first-order valence-corrected chi connectivity index (χ1v) is 9.23. The molecule has 4 rings (SSSR count). The van der Waals surface area contributed by atoms with Crippen molar-refractivity contribution in [3.63, 3.8) is 0 Å². The lowest BCUT2D eigenvalue weighted by atomic mass is 10.0. The summed E-state index contributed by atoms with van der Waals surface area (Å²) >= 11 is 5.45. The Morgan fingerprint density at radius 3 is 2.48 bits per heavy atom. The lowest BCUT2D eigenvalue weighted by molar-refractivity contribution is 0.0829. The maximum absolute atomic E-state index is 12.6. The van der Waals surface area contributed by atoms with Crippen molar-refractivity contribution in [1.29, 1.82) is 0 Å². The van der Waals surface area contributed by atoms with Crippen molar-refractivity contribution in [2.24, 2.45) is 0 Å². The van der Waals surface area contributed by atoms with Crippen molar-refractivity contribution in [1.82, 2.24) is 19.7 Å². The summed E-state index contributed by atoms with van der Waals surface area (Å²) in [5.74, 6) is 0.122. The Morgan fingerprint density at radius 1 is 1.07 bits per heavy atom. The number of hydrogen-bond donors (Lipinski definition) is 3. The van der Waals surface area contributed by atoms with Gasteiger partial charge >= 0.3 is 0 Å². The van der Waals surface area contributed by atoms with Crippen LogP contribution in [0.15, 0.2) is 54.6 Å². The number of nitrogens with one attached hydrogen (secondary N) is 1. The zero-order valence-electron chi connectivity index (χ0n) is 15.7. The molecule has 0 bridgehead atoms. The molecule has 0 fully saturated rings. The van der Waals surface area contributed by atoms with E-state index in [2.05, 4.69) is 10.2 Å². The molecule has 29 heavy (non-hydrogen) atoms. The molecule has 4 aromatic rings. The molecule has 3 aromatic carbocycles. The van der Waals surface area contributed by atoms with Gasteiger partial charge in [0.25, 0.3) is 5.91 Å². The van der Waals surface area contributed by atoms with Crippen LogP contribution in [0.3, 0.4) is 0 Å². The van der Waals surface area contributed by atoms with Gasteiger partial charge in [-0.1, -0.05) is 24.3 Å². The lowest BCUT2D eigenvalue weighted by Crippen LogP contribution is -2.22. The second kappa shape index (κ2) is 7.06. The Bertz CT molecular complexity index is 1310. The Hall–Kier alpha value is -3.65. The van der Waals surface area contributed by atoms with E-state index in [1.807, 2.05) is 30.3 Å². The standard InChI is InChI=1S/C21H18N4O3S/c1-24(2)20(28)15-9-10-17(14-6-4-3-5-13(14)15)25-19(22-23-21(25)29)16-8-7-12(26)11-18(16)27/h3-11,26-27H,1-2H3,(H,23,29). The first kappa shape index (κ1) is 18.7. The molecule has 0 saturated carbocycles. The molecule has 0 unspecified atom stereocenters. The summed E-state index contributed by atoms with van der Waals surface area (Å²) < 4.78 is 2.04. The van der Waals surface area contributed by atoms with Crippen LogP contribution in [0.4, 0.5) is 0 Å². The average Bonchev–Trinajstić information content (AvgIpc) is 3.07. The fourth-order valence-corrected chi connectivity index (χ4v) is 3.55. The number of benzene rings is 3. The number of carbonyl (C=O) groups is 1. The van der Waals surface area contributed by atoms with Crippen LogP contribution in [0, 0.1) is 4.77 Å². The van der Waals surface area contributed by atoms with Crippen molar-refractivity contribution in [2.45, 2.75) is 0 Å². The van der Waals surface area contributed by atoms with E-state index in [0.717, 1.165) is 16.5 Å². The van der Waals surface area contributed by atoms with Crippen molar-refractivity contribution < 1.29 is 15.0 Å². The highest BCUT2D eigenvalue weighted by molar-refractivity contribution is 7.71. The Balaban J connectivity index is 2.00. The summed E-state index contributed by atoms with van der Waals surface area (Å²) in [6, 6.07) is 15.4. The van der Waals surface area contributed by atoms with Gasteiger partial charge in [-0.3, -0.25) is 14.5 Å². The molecule has 146 valence electrons. The highest BCUT2D eigenvalue weighted by atomic mass is 32.1. The molecular formula is C21H18N4O3S. The number of phenolic OH excluding ortho intramolecular Hbond substituents is 2. The van der Waals surface area contributed by atoms with Gasteiger partial charge in [0.05, 0.1) is 11.3 Å². The van der Waals surface area contributed by atoms with Gasteiger partial charge in [0, 0.05) is 31.1 Å². The van der Waals surface area contributed by atoms with Gasteiger partial charge in [-0.2, -0.15) is 5.10 Å². The number of amides is 1. The minimum atomic E-state index is -0.121. The molecule has 0 aliphatic rings. The molecule has 1 amide bonds. The van der Waals surface area contributed by atoms with Gasteiger partial charge in [0.2, 0.25) is 0 Å². The number of rotatable bonds is 3. The number of aromatic amines is 1. The van der Waals surface area contributed by atoms with Gasteiger partial charge in [0.1, 0.15) is 11.5 Å². The molecule has 1 aromatic heterocycles. The van der Waals surface area contributed by atoms with E-state index in [1.54, 1.807) is 30.8 Å². The van der Waals surface area contributed by atoms with Crippen LogP contribution in [0.2, 0.25) is 0 Å². The number of carbonyl (C=O) groups excluding carboxylic acids is 1. The van der Waals surface area contributed by atoms with Gasteiger partial charge in [-0.05, 0) is 41.9 Å². The van der Waals surface area contributed by atoms with Crippen LogP contribution >= 0.6 is 12.2 Å². The molecule has 0 saturated heterocycles. The number of aromatic nitrogens is 3. The van der Waals surface area contributed by atoms with Crippen LogP contribution in [-0.2, 0) is 0 Å². The summed E-state index contributed by atoms with van der Waals surface area (Å²) in [5, 5.41) is 28.5.